The van der Waals surface area contributed by atoms with E-state index in [1.54, 1.807) is 19.1 Å². The predicted molar refractivity (Wildman–Crippen MR) is 114 cm³/mol. The largest absolute Gasteiger partial charge is 0.462 e. The van der Waals surface area contributed by atoms with E-state index in [1.807, 2.05) is 18.2 Å². The molecule has 5 nitrogen and oxygen atoms in total. The van der Waals surface area contributed by atoms with E-state index in [4.69, 9.17) is 16.3 Å². The molecule has 3 rings (SSSR count). The molecule has 7 heteroatoms. The standard InChI is InChI=1S/C21H25ClN2O3S/c1-3-27-21(26)20-17(12-18(28-20)15-7-9-16(22)10-8-15)23-19(25)13-24-11-5-4-6-14(24)2/h7-10,12,14H,3-6,11,13H2,1-2H3,(H,23,25)/t14-/m0/s1. The molecule has 0 unspecified atom stereocenters. The highest BCUT2D eigenvalue weighted by Crippen LogP contribution is 2.36. The minimum Gasteiger partial charge on any atom is -0.462 e. The maximum Gasteiger partial charge on any atom is 0.350 e. The Balaban J connectivity index is 1.80. The number of ether oxygens (including phenoxy) is 1. The maximum atomic E-state index is 12.6. The zero-order valence-corrected chi connectivity index (χ0v) is 17.7. The number of piperidine rings is 1. The molecule has 2 aromatic rings. The van der Waals surface area contributed by atoms with Crippen molar-refractivity contribution in [3.05, 3.63) is 40.2 Å². The van der Waals surface area contributed by atoms with Crippen molar-refractivity contribution in [1.82, 2.24) is 4.90 Å². The second kappa shape index (κ2) is 9.54. The number of benzene rings is 1. The van der Waals surface area contributed by atoms with E-state index in [2.05, 4.69) is 17.1 Å². The minimum atomic E-state index is -0.422. The summed E-state index contributed by atoms with van der Waals surface area (Å²) in [4.78, 5) is 28.5. The highest BCUT2D eigenvalue weighted by atomic mass is 35.5. The zero-order valence-electron chi connectivity index (χ0n) is 16.2. The molecule has 1 saturated heterocycles. The van der Waals surface area contributed by atoms with Gasteiger partial charge >= 0.3 is 5.97 Å². The van der Waals surface area contributed by atoms with Crippen LogP contribution in [0.15, 0.2) is 30.3 Å². The number of likely N-dealkylation sites (tertiary alicyclic amines) is 1. The quantitative estimate of drug-likeness (QED) is 0.663. The van der Waals surface area contributed by atoms with Crippen molar-refractivity contribution in [2.75, 3.05) is 25.0 Å². The molecule has 0 bridgehead atoms. The van der Waals surface area contributed by atoms with Crippen molar-refractivity contribution in [3.8, 4) is 10.4 Å². The van der Waals surface area contributed by atoms with Gasteiger partial charge < -0.3 is 10.1 Å². The Hall–Kier alpha value is -1.89. The van der Waals surface area contributed by atoms with Crippen LogP contribution in [0.5, 0.6) is 0 Å². The first-order valence-electron chi connectivity index (χ1n) is 9.58. The molecular formula is C21H25ClN2O3S. The van der Waals surface area contributed by atoms with Gasteiger partial charge in [-0.2, -0.15) is 0 Å². The summed E-state index contributed by atoms with van der Waals surface area (Å²) < 4.78 is 5.17. The molecule has 0 aliphatic carbocycles. The van der Waals surface area contributed by atoms with Gasteiger partial charge in [0, 0.05) is 15.9 Å². The smallest absolute Gasteiger partial charge is 0.350 e. The normalized spacial score (nSPS) is 17.3. The SMILES string of the molecule is CCOC(=O)c1sc(-c2ccc(Cl)cc2)cc1NC(=O)CN1CCCC[C@@H]1C. The highest BCUT2D eigenvalue weighted by Gasteiger charge is 2.23. The molecule has 1 N–H and O–H groups in total. The Morgan fingerprint density at radius 2 is 2.04 bits per heavy atom. The predicted octanol–water partition coefficient (Wildman–Crippen LogP) is 5.06. The lowest BCUT2D eigenvalue weighted by molar-refractivity contribution is -0.118. The number of carbonyl (C=O) groups is 2. The van der Waals surface area contributed by atoms with Crippen LogP contribution in [-0.4, -0.2) is 42.5 Å². The Morgan fingerprint density at radius 3 is 2.71 bits per heavy atom. The van der Waals surface area contributed by atoms with Crippen molar-refractivity contribution >= 4 is 40.5 Å². The van der Waals surface area contributed by atoms with Crippen LogP contribution in [0.25, 0.3) is 10.4 Å². The van der Waals surface area contributed by atoms with Gasteiger partial charge in [0.2, 0.25) is 5.91 Å². The van der Waals surface area contributed by atoms with Crippen molar-refractivity contribution in [1.29, 1.82) is 0 Å². The second-order valence-electron chi connectivity index (χ2n) is 6.94. The lowest BCUT2D eigenvalue weighted by Crippen LogP contribution is -2.42. The summed E-state index contributed by atoms with van der Waals surface area (Å²) >= 11 is 7.28. The van der Waals surface area contributed by atoms with Crippen molar-refractivity contribution in [2.45, 2.75) is 39.2 Å². The van der Waals surface area contributed by atoms with Crippen molar-refractivity contribution < 1.29 is 14.3 Å². The van der Waals surface area contributed by atoms with Crippen molar-refractivity contribution in [2.24, 2.45) is 0 Å². The van der Waals surface area contributed by atoms with Crippen LogP contribution >= 0.6 is 22.9 Å². The van der Waals surface area contributed by atoms with Crippen LogP contribution in [0.1, 0.15) is 42.8 Å². The average Bonchev–Trinajstić information content (AvgIpc) is 3.08. The first-order valence-corrected chi connectivity index (χ1v) is 10.8. The van der Waals surface area contributed by atoms with Gasteiger partial charge in [-0.1, -0.05) is 30.2 Å². The summed E-state index contributed by atoms with van der Waals surface area (Å²) in [5, 5.41) is 3.57. The molecule has 0 spiro atoms. The Kier molecular flexibility index (Phi) is 7.10. The van der Waals surface area contributed by atoms with Gasteiger partial charge in [0.1, 0.15) is 4.88 Å². The van der Waals surface area contributed by atoms with Gasteiger partial charge in [-0.15, -0.1) is 11.3 Å². The Labute approximate surface area is 174 Å². The summed E-state index contributed by atoms with van der Waals surface area (Å²) in [6, 6.07) is 9.62. The van der Waals surface area contributed by atoms with E-state index in [9.17, 15) is 9.59 Å². The summed E-state index contributed by atoms with van der Waals surface area (Å²) in [7, 11) is 0. The van der Waals surface area contributed by atoms with Crippen molar-refractivity contribution in [3.63, 3.8) is 0 Å². The third-order valence-corrected chi connectivity index (χ3v) is 6.30. The summed E-state index contributed by atoms with van der Waals surface area (Å²) in [6.45, 7) is 5.46. The van der Waals surface area contributed by atoms with Crippen LogP contribution in [0.4, 0.5) is 5.69 Å². The number of halogens is 1. The molecule has 1 amide bonds. The number of carbonyl (C=O) groups excluding carboxylic acids is 2. The molecule has 0 radical (unpaired) electrons. The number of esters is 1. The van der Waals surface area contributed by atoms with Gasteiger partial charge in [0.25, 0.3) is 0 Å². The van der Waals surface area contributed by atoms with Crippen LogP contribution in [0.3, 0.4) is 0 Å². The number of hydrogen-bond donors (Lipinski definition) is 1. The van der Waals surface area contributed by atoms with Gasteiger partial charge in [-0.05, 0) is 57.0 Å². The molecule has 2 heterocycles. The van der Waals surface area contributed by atoms with Gasteiger partial charge in [-0.25, -0.2) is 4.79 Å². The third-order valence-electron chi connectivity index (χ3n) is 4.88. The molecule has 1 aliphatic rings. The lowest BCUT2D eigenvalue weighted by atomic mass is 10.0. The summed E-state index contributed by atoms with van der Waals surface area (Å²) in [5.41, 5.74) is 1.44. The number of hydrogen-bond acceptors (Lipinski definition) is 5. The first-order chi connectivity index (χ1) is 13.5. The average molecular weight is 421 g/mol. The molecule has 1 aromatic carbocycles. The fraction of sp³-hybridized carbons (Fsp3) is 0.429. The Morgan fingerprint density at radius 1 is 1.29 bits per heavy atom. The molecular weight excluding hydrogens is 396 g/mol. The summed E-state index contributed by atoms with van der Waals surface area (Å²) in [5.74, 6) is -0.533. The second-order valence-corrected chi connectivity index (χ2v) is 8.43. The maximum absolute atomic E-state index is 12.6. The molecule has 1 aliphatic heterocycles. The molecule has 28 heavy (non-hydrogen) atoms. The van der Waals surface area contributed by atoms with E-state index in [0.717, 1.165) is 29.8 Å². The van der Waals surface area contributed by atoms with E-state index in [-0.39, 0.29) is 12.5 Å². The topological polar surface area (TPSA) is 58.6 Å². The van der Waals surface area contributed by atoms with Gasteiger partial charge in [-0.3, -0.25) is 9.69 Å². The third kappa shape index (κ3) is 5.13. The van der Waals surface area contributed by atoms with E-state index >= 15 is 0 Å². The molecule has 1 aromatic heterocycles. The van der Waals surface area contributed by atoms with E-state index in [1.165, 1.54) is 17.8 Å². The van der Waals surface area contributed by atoms with Gasteiger partial charge in [0.15, 0.2) is 0 Å². The summed E-state index contributed by atoms with van der Waals surface area (Å²) in [6.07, 6.45) is 3.44. The Bertz CT molecular complexity index is 835. The first kappa shape index (κ1) is 20.8. The fourth-order valence-electron chi connectivity index (χ4n) is 3.36. The molecule has 1 fully saturated rings. The number of thiophene rings is 1. The van der Waals surface area contributed by atoms with Crippen LogP contribution in [-0.2, 0) is 9.53 Å². The highest BCUT2D eigenvalue weighted by molar-refractivity contribution is 7.18. The minimum absolute atomic E-state index is 0.111. The van der Waals surface area contributed by atoms with E-state index in [0.29, 0.717) is 28.2 Å². The van der Waals surface area contributed by atoms with Gasteiger partial charge in [0.05, 0.1) is 18.8 Å². The van der Waals surface area contributed by atoms with Crippen LogP contribution in [0.2, 0.25) is 5.02 Å². The monoisotopic (exact) mass is 420 g/mol. The number of nitrogens with zero attached hydrogens (tertiary/aromatic N) is 1. The van der Waals surface area contributed by atoms with Crippen LogP contribution in [0, 0.1) is 0 Å². The zero-order chi connectivity index (χ0) is 20.1. The van der Waals surface area contributed by atoms with Crippen LogP contribution < -0.4 is 5.32 Å². The number of nitrogens with one attached hydrogen (secondary N) is 1. The lowest BCUT2D eigenvalue weighted by Gasteiger charge is -2.32. The number of rotatable bonds is 6. The number of amides is 1. The molecule has 0 saturated carbocycles. The fourth-order valence-corrected chi connectivity index (χ4v) is 4.49. The number of anilines is 1. The van der Waals surface area contributed by atoms with E-state index < -0.39 is 5.97 Å². The molecule has 150 valence electrons. The molecule has 1 atom stereocenters.